The number of pyridine rings is 1. The van der Waals surface area contributed by atoms with Gasteiger partial charge in [-0.05, 0) is 13.0 Å². The molecule has 78 valence electrons. The van der Waals surface area contributed by atoms with E-state index in [0.717, 1.165) is 6.20 Å². The number of nitriles is 1. The van der Waals surface area contributed by atoms with Crippen LogP contribution in [-0.2, 0) is 16.0 Å². The number of halogens is 1. The molecule has 0 fully saturated rings. The number of hydrogen-bond donors (Lipinski definition) is 0. The summed E-state index contributed by atoms with van der Waals surface area (Å²) < 4.78 is 17.7. The lowest BCUT2D eigenvalue weighted by atomic mass is 10.1. The molecule has 0 aliphatic carbocycles. The number of aromatic nitrogens is 1. The Hall–Kier alpha value is -1.96. The number of nitrogens with zero attached hydrogens (tertiary/aromatic N) is 2. The Morgan fingerprint density at radius 2 is 2.47 bits per heavy atom. The zero-order chi connectivity index (χ0) is 11.3. The van der Waals surface area contributed by atoms with Gasteiger partial charge in [-0.2, -0.15) is 9.65 Å². The Balaban J connectivity index is 2.85. The molecule has 0 aliphatic rings. The molecule has 0 aromatic carbocycles. The lowest BCUT2D eigenvalue weighted by Gasteiger charge is -2.02. The van der Waals surface area contributed by atoms with E-state index in [1.807, 2.05) is 6.07 Å². The van der Waals surface area contributed by atoms with Crippen LogP contribution in [0.25, 0.3) is 0 Å². The highest BCUT2D eigenvalue weighted by Crippen LogP contribution is 2.08. The fraction of sp³-hybridized carbons (Fsp3) is 0.300. The first-order valence-corrected chi connectivity index (χ1v) is 4.37. The van der Waals surface area contributed by atoms with Crippen molar-refractivity contribution in [1.29, 1.82) is 5.26 Å². The molecule has 0 unspecified atom stereocenters. The highest BCUT2D eigenvalue weighted by atomic mass is 19.1. The van der Waals surface area contributed by atoms with E-state index >= 15 is 0 Å². The Morgan fingerprint density at radius 1 is 1.73 bits per heavy atom. The van der Waals surface area contributed by atoms with Crippen LogP contribution in [0.1, 0.15) is 18.1 Å². The molecule has 0 radical (unpaired) electrons. The Bertz CT molecular complexity index is 412. The number of carbonyl (C=O) groups excluding carboxylic acids is 1. The van der Waals surface area contributed by atoms with Crippen LogP contribution in [0.3, 0.4) is 0 Å². The van der Waals surface area contributed by atoms with Gasteiger partial charge in [0.1, 0.15) is 6.07 Å². The summed E-state index contributed by atoms with van der Waals surface area (Å²) in [4.78, 5) is 14.4. The number of esters is 1. The summed E-state index contributed by atoms with van der Waals surface area (Å²) in [6.07, 6.45) is 0.909. The minimum absolute atomic E-state index is 0.0764. The minimum atomic E-state index is -0.748. The average Bonchev–Trinajstić information content (AvgIpc) is 2.21. The van der Waals surface area contributed by atoms with E-state index in [2.05, 4.69) is 9.72 Å². The summed E-state index contributed by atoms with van der Waals surface area (Å²) in [5.74, 6) is -1.28. The zero-order valence-electron chi connectivity index (χ0n) is 8.16. The average molecular weight is 208 g/mol. The van der Waals surface area contributed by atoms with Gasteiger partial charge in [0.2, 0.25) is 5.95 Å². The molecule has 0 bridgehead atoms. The summed E-state index contributed by atoms with van der Waals surface area (Å²) in [6, 6.07) is 3.11. The summed E-state index contributed by atoms with van der Waals surface area (Å²) in [6.45, 7) is 1.91. The molecule has 1 aromatic heterocycles. The standard InChI is InChI=1S/C10H9FN2O2/c1-2-15-9(14)4-8-3-7(5-12)6-13-10(8)11/h3,6H,2,4H2,1H3. The van der Waals surface area contributed by atoms with E-state index in [4.69, 9.17) is 5.26 Å². The molecule has 5 heteroatoms. The fourth-order valence-electron chi connectivity index (χ4n) is 1.05. The second-order valence-electron chi connectivity index (χ2n) is 2.77. The molecule has 0 saturated heterocycles. The quantitative estimate of drug-likeness (QED) is 0.553. The van der Waals surface area contributed by atoms with Gasteiger partial charge in [0.15, 0.2) is 0 Å². The van der Waals surface area contributed by atoms with Crippen molar-refractivity contribution in [2.24, 2.45) is 0 Å². The van der Waals surface area contributed by atoms with Gasteiger partial charge >= 0.3 is 5.97 Å². The van der Waals surface area contributed by atoms with Gasteiger partial charge in [-0.25, -0.2) is 4.98 Å². The Morgan fingerprint density at radius 3 is 3.07 bits per heavy atom. The smallest absolute Gasteiger partial charge is 0.310 e. The van der Waals surface area contributed by atoms with Crippen LogP contribution in [0.2, 0.25) is 0 Å². The predicted octanol–water partition coefficient (Wildman–Crippen LogP) is 1.20. The van der Waals surface area contributed by atoms with Crippen LogP contribution in [-0.4, -0.2) is 17.6 Å². The van der Waals surface area contributed by atoms with Gasteiger partial charge < -0.3 is 4.74 Å². The topological polar surface area (TPSA) is 63.0 Å². The summed E-state index contributed by atoms with van der Waals surface area (Å²) in [5.41, 5.74) is 0.295. The summed E-state index contributed by atoms with van der Waals surface area (Å²) in [5, 5.41) is 8.56. The maximum atomic E-state index is 13.1. The van der Waals surface area contributed by atoms with Crippen molar-refractivity contribution in [3.63, 3.8) is 0 Å². The second-order valence-corrected chi connectivity index (χ2v) is 2.77. The number of ether oxygens (including phenoxy) is 1. The summed E-state index contributed by atoms with van der Waals surface area (Å²) >= 11 is 0. The SMILES string of the molecule is CCOC(=O)Cc1cc(C#N)cnc1F. The first-order chi connectivity index (χ1) is 7.17. The highest BCUT2D eigenvalue weighted by Gasteiger charge is 2.10. The zero-order valence-corrected chi connectivity index (χ0v) is 8.16. The molecule has 0 amide bonds. The molecule has 1 rings (SSSR count). The van der Waals surface area contributed by atoms with Gasteiger partial charge in [-0.1, -0.05) is 0 Å². The van der Waals surface area contributed by atoms with Crippen molar-refractivity contribution in [2.75, 3.05) is 6.61 Å². The van der Waals surface area contributed by atoms with E-state index in [1.165, 1.54) is 6.07 Å². The molecule has 0 N–H and O–H groups in total. The van der Waals surface area contributed by atoms with E-state index < -0.39 is 11.9 Å². The molecule has 0 spiro atoms. The monoisotopic (exact) mass is 208 g/mol. The highest BCUT2D eigenvalue weighted by molar-refractivity contribution is 5.72. The molecule has 4 nitrogen and oxygen atoms in total. The van der Waals surface area contributed by atoms with Crippen LogP contribution in [0.15, 0.2) is 12.3 Å². The van der Waals surface area contributed by atoms with Crippen molar-refractivity contribution in [3.05, 3.63) is 29.3 Å². The van der Waals surface area contributed by atoms with Crippen LogP contribution in [0, 0.1) is 17.3 Å². The summed E-state index contributed by atoms with van der Waals surface area (Å²) in [7, 11) is 0. The van der Waals surface area contributed by atoms with Gasteiger partial charge in [-0.15, -0.1) is 0 Å². The molecule has 1 aromatic rings. The Kier molecular flexibility index (Phi) is 3.75. The molecular weight excluding hydrogens is 199 g/mol. The maximum absolute atomic E-state index is 13.1. The first kappa shape index (κ1) is 11.1. The van der Waals surface area contributed by atoms with Gasteiger partial charge in [-0.3, -0.25) is 4.79 Å². The van der Waals surface area contributed by atoms with Crippen molar-refractivity contribution >= 4 is 5.97 Å². The minimum Gasteiger partial charge on any atom is -0.466 e. The van der Waals surface area contributed by atoms with Gasteiger partial charge in [0.25, 0.3) is 0 Å². The van der Waals surface area contributed by atoms with E-state index in [0.29, 0.717) is 0 Å². The lowest BCUT2D eigenvalue weighted by Crippen LogP contribution is -2.09. The third-order valence-corrected chi connectivity index (χ3v) is 1.68. The van der Waals surface area contributed by atoms with Crippen LogP contribution in [0.4, 0.5) is 4.39 Å². The van der Waals surface area contributed by atoms with Crippen molar-refractivity contribution in [2.45, 2.75) is 13.3 Å². The van der Waals surface area contributed by atoms with Gasteiger partial charge in [0, 0.05) is 11.8 Å². The molecule has 0 aliphatic heterocycles. The van der Waals surface area contributed by atoms with Gasteiger partial charge in [0.05, 0.1) is 18.6 Å². The largest absolute Gasteiger partial charge is 0.466 e. The number of rotatable bonds is 3. The second kappa shape index (κ2) is 5.05. The third-order valence-electron chi connectivity index (χ3n) is 1.68. The van der Waals surface area contributed by atoms with E-state index in [1.54, 1.807) is 6.92 Å². The van der Waals surface area contributed by atoms with E-state index in [9.17, 15) is 9.18 Å². The molecular formula is C10H9FN2O2. The molecule has 0 saturated carbocycles. The van der Waals surface area contributed by atoms with Crippen molar-refractivity contribution < 1.29 is 13.9 Å². The van der Waals surface area contributed by atoms with Crippen molar-refractivity contribution in [3.8, 4) is 6.07 Å². The molecule has 0 atom stereocenters. The van der Waals surface area contributed by atoms with Crippen LogP contribution in [0.5, 0.6) is 0 Å². The number of hydrogen-bond acceptors (Lipinski definition) is 4. The predicted molar refractivity (Wildman–Crippen MR) is 49.2 cm³/mol. The van der Waals surface area contributed by atoms with E-state index in [-0.39, 0.29) is 24.2 Å². The maximum Gasteiger partial charge on any atom is 0.310 e. The molecule has 15 heavy (non-hydrogen) atoms. The van der Waals surface area contributed by atoms with Crippen LogP contribution >= 0.6 is 0 Å². The number of carbonyl (C=O) groups is 1. The fourth-order valence-corrected chi connectivity index (χ4v) is 1.05. The first-order valence-electron chi connectivity index (χ1n) is 4.37. The normalized spacial score (nSPS) is 9.40. The lowest BCUT2D eigenvalue weighted by molar-refractivity contribution is -0.142. The molecule has 1 heterocycles. The Labute approximate surface area is 86.3 Å². The van der Waals surface area contributed by atoms with Crippen molar-refractivity contribution in [1.82, 2.24) is 4.98 Å². The third kappa shape index (κ3) is 3.02. The van der Waals surface area contributed by atoms with Crippen LogP contribution < -0.4 is 0 Å².